The molecule has 2 nitrogen and oxygen atoms in total. The Morgan fingerprint density at radius 1 is 1.07 bits per heavy atom. The van der Waals surface area contributed by atoms with Gasteiger partial charge in [-0.05, 0) is 55.9 Å². The number of phenolic OH excluding ortho intramolecular Hbond substituents is 1. The van der Waals surface area contributed by atoms with Gasteiger partial charge < -0.3 is 10.2 Å². The summed E-state index contributed by atoms with van der Waals surface area (Å²) in [5.41, 5.74) is 3.54. The monoisotopic (exact) mass is 228 g/mol. The van der Waals surface area contributed by atoms with Crippen LogP contribution >= 0.6 is 11.6 Å². The highest BCUT2D eigenvalue weighted by atomic mass is 35.5. The zero-order valence-corrected chi connectivity index (χ0v) is 10.1. The number of aromatic hydroxyl groups is 1. The molecule has 1 aromatic rings. The highest BCUT2D eigenvalue weighted by Gasteiger charge is 2.14. The van der Waals surface area contributed by atoms with Crippen molar-refractivity contribution in [2.75, 3.05) is 6.61 Å². The van der Waals surface area contributed by atoms with E-state index in [0.717, 1.165) is 27.3 Å². The van der Waals surface area contributed by atoms with Crippen molar-refractivity contribution in [3.8, 4) is 5.75 Å². The molecule has 0 fully saturated rings. The molecule has 0 aliphatic carbocycles. The fourth-order valence-corrected chi connectivity index (χ4v) is 1.98. The van der Waals surface area contributed by atoms with E-state index in [1.54, 1.807) is 0 Å². The Labute approximate surface area is 95.5 Å². The number of aliphatic hydroxyl groups is 1. The molecule has 0 saturated carbocycles. The van der Waals surface area contributed by atoms with Crippen molar-refractivity contribution in [3.63, 3.8) is 0 Å². The zero-order chi connectivity index (χ0) is 11.6. The second-order valence-corrected chi connectivity index (χ2v) is 4.22. The largest absolute Gasteiger partial charge is 0.507 e. The van der Waals surface area contributed by atoms with Crippen molar-refractivity contribution in [2.45, 2.75) is 33.6 Å². The third kappa shape index (κ3) is 2.27. The lowest BCUT2D eigenvalue weighted by atomic mass is 9.96. The topological polar surface area (TPSA) is 40.5 Å². The van der Waals surface area contributed by atoms with Crippen LogP contribution in [0.5, 0.6) is 5.75 Å². The summed E-state index contributed by atoms with van der Waals surface area (Å²) in [4.78, 5) is 0. The zero-order valence-electron chi connectivity index (χ0n) is 9.39. The van der Waals surface area contributed by atoms with Crippen LogP contribution in [0, 0.1) is 20.8 Å². The number of halogens is 1. The lowest BCUT2D eigenvalue weighted by Gasteiger charge is -2.15. The molecule has 0 aliphatic heterocycles. The summed E-state index contributed by atoms with van der Waals surface area (Å²) < 4.78 is 0. The average Bonchev–Trinajstić information content (AvgIpc) is 2.24. The molecule has 84 valence electrons. The fraction of sp³-hybridized carbons (Fsp3) is 0.500. The molecule has 0 spiro atoms. The van der Waals surface area contributed by atoms with Crippen LogP contribution in [0.2, 0.25) is 5.02 Å². The predicted octanol–water partition coefficient (Wildman–Crippen LogP) is 2.90. The minimum Gasteiger partial charge on any atom is -0.507 e. The molecule has 3 heteroatoms. The Bertz CT molecular complexity index is 343. The van der Waals surface area contributed by atoms with E-state index in [1.165, 1.54) is 0 Å². The average molecular weight is 229 g/mol. The van der Waals surface area contributed by atoms with Crippen molar-refractivity contribution in [1.29, 1.82) is 0 Å². The van der Waals surface area contributed by atoms with Crippen LogP contribution in [0.15, 0.2) is 0 Å². The summed E-state index contributed by atoms with van der Waals surface area (Å²) in [7, 11) is 0. The summed E-state index contributed by atoms with van der Waals surface area (Å²) in [6.45, 7) is 5.79. The van der Waals surface area contributed by atoms with E-state index < -0.39 is 0 Å². The smallest absolute Gasteiger partial charge is 0.122 e. The van der Waals surface area contributed by atoms with Gasteiger partial charge in [-0.3, -0.25) is 0 Å². The molecule has 15 heavy (non-hydrogen) atoms. The molecule has 1 rings (SSSR count). The molecular weight excluding hydrogens is 212 g/mol. The number of rotatable bonds is 3. The minimum atomic E-state index is 0.128. The molecule has 0 atom stereocenters. The van der Waals surface area contributed by atoms with Gasteiger partial charge in [0.2, 0.25) is 0 Å². The molecule has 0 unspecified atom stereocenters. The van der Waals surface area contributed by atoms with E-state index in [9.17, 15) is 5.11 Å². The SMILES string of the molecule is Cc1c(C)c(Cl)c(C)c(CCCO)c1O. The standard InChI is InChI=1S/C12H17ClO2/c1-7-8(2)12(15)10(5-4-6-14)9(3)11(7)13/h14-15H,4-6H2,1-3H3. The lowest BCUT2D eigenvalue weighted by molar-refractivity contribution is 0.288. The van der Waals surface area contributed by atoms with Crippen LogP contribution in [0.25, 0.3) is 0 Å². The van der Waals surface area contributed by atoms with Gasteiger partial charge in [-0.1, -0.05) is 11.6 Å². The summed E-state index contributed by atoms with van der Waals surface area (Å²) in [6.07, 6.45) is 1.31. The van der Waals surface area contributed by atoms with E-state index in [1.807, 2.05) is 20.8 Å². The normalized spacial score (nSPS) is 10.7. The van der Waals surface area contributed by atoms with Crippen molar-refractivity contribution in [1.82, 2.24) is 0 Å². The highest BCUT2D eigenvalue weighted by Crippen LogP contribution is 2.35. The van der Waals surface area contributed by atoms with Crippen molar-refractivity contribution in [2.24, 2.45) is 0 Å². The first-order chi connectivity index (χ1) is 7.00. The Morgan fingerprint density at radius 2 is 1.67 bits per heavy atom. The van der Waals surface area contributed by atoms with E-state index in [4.69, 9.17) is 16.7 Å². The summed E-state index contributed by atoms with van der Waals surface area (Å²) in [5, 5.41) is 19.5. The number of hydrogen-bond acceptors (Lipinski definition) is 2. The molecule has 0 aromatic heterocycles. The third-order valence-corrected chi connectivity index (χ3v) is 3.47. The van der Waals surface area contributed by atoms with Crippen LogP contribution < -0.4 is 0 Å². The van der Waals surface area contributed by atoms with Crippen molar-refractivity contribution >= 4 is 11.6 Å². The number of benzene rings is 1. The van der Waals surface area contributed by atoms with Gasteiger partial charge in [-0.2, -0.15) is 0 Å². The first-order valence-corrected chi connectivity index (χ1v) is 5.46. The van der Waals surface area contributed by atoms with Gasteiger partial charge in [0.15, 0.2) is 0 Å². The van der Waals surface area contributed by atoms with E-state index in [-0.39, 0.29) is 6.61 Å². The molecule has 2 N–H and O–H groups in total. The Balaban J connectivity index is 3.26. The van der Waals surface area contributed by atoms with Crippen LogP contribution in [0.4, 0.5) is 0 Å². The minimum absolute atomic E-state index is 0.128. The lowest BCUT2D eigenvalue weighted by Crippen LogP contribution is -1.98. The summed E-state index contributed by atoms with van der Waals surface area (Å²) >= 11 is 6.17. The van der Waals surface area contributed by atoms with Crippen LogP contribution in [-0.2, 0) is 6.42 Å². The highest BCUT2D eigenvalue weighted by molar-refractivity contribution is 6.32. The first kappa shape index (κ1) is 12.3. The second kappa shape index (κ2) is 4.86. The molecule has 1 aromatic carbocycles. The van der Waals surface area contributed by atoms with E-state index in [2.05, 4.69) is 0 Å². The summed E-state index contributed by atoms with van der Waals surface area (Å²) in [5.74, 6) is 0.322. The molecule has 0 bridgehead atoms. The second-order valence-electron chi connectivity index (χ2n) is 3.84. The van der Waals surface area contributed by atoms with E-state index >= 15 is 0 Å². The molecule has 0 radical (unpaired) electrons. The first-order valence-electron chi connectivity index (χ1n) is 5.08. The van der Waals surface area contributed by atoms with Crippen LogP contribution in [0.1, 0.15) is 28.7 Å². The maximum Gasteiger partial charge on any atom is 0.122 e. The number of phenols is 1. The Morgan fingerprint density at radius 3 is 2.20 bits per heavy atom. The maximum atomic E-state index is 9.97. The molecular formula is C12H17ClO2. The number of aliphatic hydroxyl groups excluding tert-OH is 1. The van der Waals surface area contributed by atoms with Crippen molar-refractivity contribution < 1.29 is 10.2 Å². The van der Waals surface area contributed by atoms with Crippen molar-refractivity contribution in [3.05, 3.63) is 27.3 Å². The predicted molar refractivity (Wildman–Crippen MR) is 62.7 cm³/mol. The van der Waals surface area contributed by atoms with Gasteiger partial charge >= 0.3 is 0 Å². The maximum absolute atomic E-state index is 9.97. The van der Waals surface area contributed by atoms with Crippen LogP contribution in [0.3, 0.4) is 0 Å². The number of hydrogen-bond donors (Lipinski definition) is 2. The van der Waals surface area contributed by atoms with Gasteiger partial charge in [-0.25, -0.2) is 0 Å². The Hall–Kier alpha value is -0.730. The fourth-order valence-electron chi connectivity index (χ4n) is 1.72. The van der Waals surface area contributed by atoms with Crippen LogP contribution in [-0.4, -0.2) is 16.8 Å². The molecule has 0 amide bonds. The van der Waals surface area contributed by atoms with E-state index in [0.29, 0.717) is 18.6 Å². The van der Waals surface area contributed by atoms with Gasteiger partial charge in [0.25, 0.3) is 0 Å². The van der Waals surface area contributed by atoms with Gasteiger partial charge in [0.1, 0.15) is 5.75 Å². The molecule has 0 aliphatic rings. The quantitative estimate of drug-likeness (QED) is 0.835. The van der Waals surface area contributed by atoms with Gasteiger partial charge in [0.05, 0.1) is 0 Å². The van der Waals surface area contributed by atoms with Gasteiger partial charge in [0, 0.05) is 11.6 Å². The molecule has 0 heterocycles. The Kier molecular flexibility index (Phi) is 4.00. The van der Waals surface area contributed by atoms with Gasteiger partial charge in [-0.15, -0.1) is 0 Å². The third-order valence-electron chi connectivity index (χ3n) is 2.90. The summed E-state index contributed by atoms with van der Waals surface area (Å²) in [6, 6.07) is 0. The molecule has 0 saturated heterocycles.